The molecule has 1 N–H and O–H groups in total. The molecular weight excluding hydrogens is 302 g/mol. The van der Waals surface area contributed by atoms with Gasteiger partial charge in [0.05, 0.1) is 7.11 Å². The highest BCUT2D eigenvalue weighted by atomic mass is 16.5. The van der Waals surface area contributed by atoms with Crippen LogP contribution in [0.5, 0.6) is 5.75 Å². The average molecular weight is 327 g/mol. The number of benzene rings is 1. The lowest BCUT2D eigenvalue weighted by Crippen LogP contribution is -2.31. The van der Waals surface area contributed by atoms with Gasteiger partial charge in [0.15, 0.2) is 0 Å². The Morgan fingerprint density at radius 1 is 1.33 bits per heavy atom. The van der Waals surface area contributed by atoms with Crippen LogP contribution in [0.4, 0.5) is 0 Å². The third-order valence-electron chi connectivity index (χ3n) is 4.46. The zero-order valence-electron chi connectivity index (χ0n) is 14.4. The summed E-state index contributed by atoms with van der Waals surface area (Å²) in [6, 6.07) is 9.92. The van der Waals surface area contributed by atoms with Crippen molar-refractivity contribution >= 4 is 5.91 Å². The summed E-state index contributed by atoms with van der Waals surface area (Å²) >= 11 is 0. The lowest BCUT2D eigenvalue weighted by Gasteiger charge is -2.30. The molecule has 1 aromatic carbocycles. The number of methoxy groups -OCH3 is 1. The SMILES string of the molecule is COc1ccc(CNC(=O)/C(C#N)=C\N(C)C2CCCCC2)cc1. The molecular formula is C19H25N3O2. The average Bonchev–Trinajstić information content (AvgIpc) is 2.65. The summed E-state index contributed by atoms with van der Waals surface area (Å²) in [5, 5.41) is 12.1. The molecule has 0 spiro atoms. The van der Waals surface area contributed by atoms with E-state index < -0.39 is 0 Å². The summed E-state index contributed by atoms with van der Waals surface area (Å²) in [4.78, 5) is 14.3. The molecule has 0 atom stereocenters. The Balaban J connectivity index is 1.92. The number of ether oxygens (including phenoxy) is 1. The number of carbonyl (C=O) groups is 1. The van der Waals surface area contributed by atoms with E-state index in [4.69, 9.17) is 4.74 Å². The smallest absolute Gasteiger partial charge is 0.263 e. The largest absolute Gasteiger partial charge is 0.497 e. The monoisotopic (exact) mass is 327 g/mol. The Kier molecular flexibility index (Phi) is 6.68. The van der Waals surface area contributed by atoms with Crippen LogP contribution in [0.3, 0.4) is 0 Å². The molecule has 128 valence electrons. The molecule has 1 fully saturated rings. The number of nitriles is 1. The highest BCUT2D eigenvalue weighted by Crippen LogP contribution is 2.22. The van der Waals surface area contributed by atoms with Crippen LogP contribution in [0.25, 0.3) is 0 Å². The van der Waals surface area contributed by atoms with Crippen molar-refractivity contribution in [1.82, 2.24) is 10.2 Å². The number of nitrogens with one attached hydrogen (secondary N) is 1. The molecule has 5 nitrogen and oxygen atoms in total. The van der Waals surface area contributed by atoms with E-state index in [0.717, 1.165) is 24.2 Å². The highest BCUT2D eigenvalue weighted by Gasteiger charge is 2.18. The number of amides is 1. The van der Waals surface area contributed by atoms with Gasteiger partial charge in [-0.2, -0.15) is 5.26 Å². The predicted molar refractivity (Wildman–Crippen MR) is 93.2 cm³/mol. The van der Waals surface area contributed by atoms with E-state index in [1.165, 1.54) is 19.3 Å². The first-order valence-corrected chi connectivity index (χ1v) is 8.39. The molecule has 0 bridgehead atoms. The number of hydrogen-bond donors (Lipinski definition) is 1. The van der Waals surface area contributed by atoms with E-state index in [9.17, 15) is 10.1 Å². The lowest BCUT2D eigenvalue weighted by molar-refractivity contribution is -0.117. The number of rotatable bonds is 6. The maximum absolute atomic E-state index is 12.2. The quantitative estimate of drug-likeness (QED) is 0.644. The van der Waals surface area contributed by atoms with Crippen molar-refractivity contribution in [2.24, 2.45) is 0 Å². The van der Waals surface area contributed by atoms with E-state index in [2.05, 4.69) is 5.32 Å². The Hall–Kier alpha value is -2.48. The minimum absolute atomic E-state index is 0.150. The van der Waals surface area contributed by atoms with Crippen LogP contribution >= 0.6 is 0 Å². The summed E-state index contributed by atoms with van der Waals surface area (Å²) in [6.45, 7) is 0.384. The fourth-order valence-electron chi connectivity index (χ4n) is 2.96. The molecule has 1 amide bonds. The van der Waals surface area contributed by atoms with E-state index in [1.54, 1.807) is 13.3 Å². The second-order valence-electron chi connectivity index (χ2n) is 6.14. The zero-order chi connectivity index (χ0) is 17.4. The Morgan fingerprint density at radius 2 is 2.00 bits per heavy atom. The minimum Gasteiger partial charge on any atom is -0.497 e. The number of nitrogens with zero attached hydrogens (tertiary/aromatic N) is 2. The van der Waals surface area contributed by atoms with Crippen molar-refractivity contribution in [3.8, 4) is 11.8 Å². The molecule has 1 saturated carbocycles. The van der Waals surface area contributed by atoms with Crippen molar-refractivity contribution in [2.45, 2.75) is 44.7 Å². The van der Waals surface area contributed by atoms with Crippen LogP contribution in [0.15, 0.2) is 36.0 Å². The van der Waals surface area contributed by atoms with Crippen molar-refractivity contribution < 1.29 is 9.53 Å². The molecule has 1 aliphatic rings. The van der Waals surface area contributed by atoms with Crippen LogP contribution in [-0.4, -0.2) is 31.0 Å². The first-order valence-electron chi connectivity index (χ1n) is 8.39. The summed E-state index contributed by atoms with van der Waals surface area (Å²) in [5.74, 6) is 0.438. The molecule has 2 rings (SSSR count). The highest BCUT2D eigenvalue weighted by molar-refractivity contribution is 5.97. The van der Waals surface area contributed by atoms with Gasteiger partial charge in [-0.05, 0) is 30.5 Å². The summed E-state index contributed by atoms with van der Waals surface area (Å²) < 4.78 is 5.11. The van der Waals surface area contributed by atoms with Gasteiger partial charge in [-0.25, -0.2) is 0 Å². The first kappa shape index (κ1) is 17.9. The van der Waals surface area contributed by atoms with Crippen molar-refractivity contribution in [2.75, 3.05) is 14.2 Å². The zero-order valence-corrected chi connectivity index (χ0v) is 14.4. The second kappa shape index (κ2) is 8.97. The standard InChI is InChI=1S/C19H25N3O2/c1-22(17-6-4-3-5-7-17)14-16(12-20)19(23)21-13-15-8-10-18(24-2)11-9-15/h8-11,14,17H,3-7,13H2,1-2H3,(H,21,23)/b16-14-. The molecule has 0 aromatic heterocycles. The van der Waals surface area contributed by atoms with E-state index in [1.807, 2.05) is 42.3 Å². The number of carbonyl (C=O) groups excluding carboxylic acids is 1. The van der Waals surface area contributed by atoms with Crippen molar-refractivity contribution in [1.29, 1.82) is 5.26 Å². The molecule has 5 heteroatoms. The normalized spacial score (nSPS) is 15.5. The predicted octanol–water partition coefficient (Wildman–Crippen LogP) is 2.98. The van der Waals surface area contributed by atoms with Gasteiger partial charge in [-0.15, -0.1) is 0 Å². The van der Waals surface area contributed by atoms with Crippen LogP contribution in [0, 0.1) is 11.3 Å². The topological polar surface area (TPSA) is 65.4 Å². The van der Waals surface area contributed by atoms with Crippen LogP contribution in [0.2, 0.25) is 0 Å². The first-order chi connectivity index (χ1) is 11.6. The van der Waals surface area contributed by atoms with Crippen LogP contribution in [-0.2, 0) is 11.3 Å². The summed E-state index contributed by atoms with van der Waals surface area (Å²) in [5.41, 5.74) is 1.11. The van der Waals surface area contributed by atoms with Gasteiger partial charge in [-0.1, -0.05) is 31.4 Å². The van der Waals surface area contributed by atoms with Gasteiger partial charge in [0.25, 0.3) is 5.91 Å². The van der Waals surface area contributed by atoms with Crippen LogP contribution in [0.1, 0.15) is 37.7 Å². The third-order valence-corrected chi connectivity index (χ3v) is 4.46. The Morgan fingerprint density at radius 3 is 2.58 bits per heavy atom. The van der Waals surface area contributed by atoms with Gasteiger partial charge in [0, 0.05) is 25.8 Å². The molecule has 0 heterocycles. The Labute approximate surface area is 143 Å². The molecule has 0 unspecified atom stereocenters. The summed E-state index contributed by atoms with van der Waals surface area (Å²) in [6.07, 6.45) is 7.64. The van der Waals surface area contributed by atoms with Gasteiger partial charge >= 0.3 is 0 Å². The molecule has 0 saturated heterocycles. The van der Waals surface area contributed by atoms with E-state index >= 15 is 0 Å². The van der Waals surface area contributed by atoms with Gasteiger partial charge in [0.2, 0.25) is 0 Å². The molecule has 24 heavy (non-hydrogen) atoms. The van der Waals surface area contributed by atoms with E-state index in [0.29, 0.717) is 12.6 Å². The van der Waals surface area contributed by atoms with Crippen LogP contribution < -0.4 is 10.1 Å². The molecule has 0 radical (unpaired) electrons. The fourth-order valence-corrected chi connectivity index (χ4v) is 2.96. The Bertz CT molecular complexity index is 610. The molecule has 0 aliphatic heterocycles. The third kappa shape index (κ3) is 5.02. The van der Waals surface area contributed by atoms with E-state index in [-0.39, 0.29) is 11.5 Å². The van der Waals surface area contributed by atoms with Crippen molar-refractivity contribution in [3.63, 3.8) is 0 Å². The second-order valence-corrected chi connectivity index (χ2v) is 6.14. The van der Waals surface area contributed by atoms with Gasteiger partial charge in [0.1, 0.15) is 17.4 Å². The van der Waals surface area contributed by atoms with Gasteiger partial charge in [-0.3, -0.25) is 4.79 Å². The lowest BCUT2D eigenvalue weighted by atomic mass is 9.94. The molecule has 1 aliphatic carbocycles. The molecule has 1 aromatic rings. The van der Waals surface area contributed by atoms with Gasteiger partial charge < -0.3 is 15.0 Å². The number of hydrogen-bond acceptors (Lipinski definition) is 4. The maximum atomic E-state index is 12.2. The fraction of sp³-hybridized carbons (Fsp3) is 0.474. The van der Waals surface area contributed by atoms with Crippen molar-refractivity contribution in [3.05, 3.63) is 41.6 Å². The maximum Gasteiger partial charge on any atom is 0.263 e. The summed E-state index contributed by atoms with van der Waals surface area (Å²) in [7, 11) is 3.56. The minimum atomic E-state index is -0.337.